The largest absolute Gasteiger partial charge is 0.494 e. The Morgan fingerprint density at radius 1 is 1.15 bits per heavy atom. The molecule has 0 saturated heterocycles. The molecule has 1 N–H and O–H groups in total. The van der Waals surface area contributed by atoms with Crippen LogP contribution in [0.1, 0.15) is 12.5 Å². The molecule has 0 unspecified atom stereocenters. The number of carbonyl (C=O) groups is 1. The molecule has 0 saturated carbocycles. The van der Waals surface area contributed by atoms with E-state index < -0.39 is 34.1 Å². The molecule has 9 heteroatoms. The molecular weight excluding hydrogens is 378 g/mol. The van der Waals surface area contributed by atoms with E-state index in [0.29, 0.717) is 16.7 Å². The molecule has 0 aromatic heterocycles. The first kappa shape index (κ1) is 20.6. The molecule has 146 valence electrons. The summed E-state index contributed by atoms with van der Waals surface area (Å²) in [5.41, 5.74) is 0.590. The molecule has 2 rings (SSSR count). The van der Waals surface area contributed by atoms with Crippen molar-refractivity contribution in [3.8, 4) is 5.75 Å². The number of amides is 1. The summed E-state index contributed by atoms with van der Waals surface area (Å²) < 4.78 is 56.7. The lowest BCUT2D eigenvalue weighted by Gasteiger charge is -2.22. The number of nitrogens with one attached hydrogen (secondary N) is 1. The van der Waals surface area contributed by atoms with E-state index in [9.17, 15) is 22.0 Å². The fourth-order valence-electron chi connectivity index (χ4n) is 2.37. The number of halogens is 2. The van der Waals surface area contributed by atoms with Gasteiger partial charge in [0.1, 0.15) is 12.3 Å². The first-order valence-electron chi connectivity index (χ1n) is 8.12. The van der Waals surface area contributed by atoms with Gasteiger partial charge in [0.2, 0.25) is 15.9 Å². The van der Waals surface area contributed by atoms with E-state index in [-0.39, 0.29) is 12.2 Å². The lowest BCUT2D eigenvalue weighted by Crippen LogP contribution is -2.40. The fraction of sp³-hybridized carbons (Fsp3) is 0.278. The molecule has 6 nitrogen and oxygen atoms in total. The van der Waals surface area contributed by atoms with Crippen molar-refractivity contribution in [2.24, 2.45) is 0 Å². The van der Waals surface area contributed by atoms with Crippen LogP contribution in [0.5, 0.6) is 5.75 Å². The van der Waals surface area contributed by atoms with Crippen molar-refractivity contribution in [2.45, 2.75) is 13.5 Å². The normalized spacial score (nSPS) is 11.1. The van der Waals surface area contributed by atoms with Crippen molar-refractivity contribution in [1.29, 1.82) is 0 Å². The second-order valence-corrected chi connectivity index (χ2v) is 7.59. The summed E-state index contributed by atoms with van der Waals surface area (Å²) in [4.78, 5) is 12.2. The summed E-state index contributed by atoms with van der Waals surface area (Å²) in [6.45, 7) is 1.86. The van der Waals surface area contributed by atoms with Gasteiger partial charge in [0.25, 0.3) is 0 Å². The van der Waals surface area contributed by atoms with Gasteiger partial charge >= 0.3 is 0 Å². The van der Waals surface area contributed by atoms with Crippen molar-refractivity contribution in [3.63, 3.8) is 0 Å². The number of hydrogen-bond acceptors (Lipinski definition) is 4. The van der Waals surface area contributed by atoms with Crippen molar-refractivity contribution in [1.82, 2.24) is 5.32 Å². The van der Waals surface area contributed by atoms with Gasteiger partial charge in [0, 0.05) is 18.2 Å². The second kappa shape index (κ2) is 8.81. The van der Waals surface area contributed by atoms with E-state index in [0.717, 1.165) is 30.0 Å². The van der Waals surface area contributed by atoms with E-state index in [1.54, 1.807) is 24.3 Å². The number of carbonyl (C=O) groups excluding carboxylic acids is 1. The Morgan fingerprint density at radius 3 is 2.48 bits per heavy atom. The Labute approximate surface area is 156 Å². The van der Waals surface area contributed by atoms with Crippen LogP contribution in [-0.2, 0) is 21.4 Å². The Kier molecular flexibility index (Phi) is 6.73. The van der Waals surface area contributed by atoms with Crippen LogP contribution in [0.3, 0.4) is 0 Å². The van der Waals surface area contributed by atoms with Gasteiger partial charge in [-0.1, -0.05) is 18.2 Å². The molecule has 27 heavy (non-hydrogen) atoms. The Bertz CT molecular complexity index is 919. The summed E-state index contributed by atoms with van der Waals surface area (Å²) in [6.07, 6.45) is 0.881. The average molecular weight is 398 g/mol. The number of hydrogen-bond donors (Lipinski definition) is 1. The number of ether oxygens (including phenoxy) is 1. The third-order valence-electron chi connectivity index (χ3n) is 3.63. The second-order valence-electron chi connectivity index (χ2n) is 5.69. The zero-order chi connectivity index (χ0) is 20.0. The first-order chi connectivity index (χ1) is 12.7. The van der Waals surface area contributed by atoms with Gasteiger partial charge in [-0.05, 0) is 25.1 Å². The molecule has 0 bridgehead atoms. The Morgan fingerprint density at radius 2 is 1.85 bits per heavy atom. The third kappa shape index (κ3) is 5.65. The predicted molar refractivity (Wildman–Crippen MR) is 98.0 cm³/mol. The summed E-state index contributed by atoms with van der Waals surface area (Å²) >= 11 is 0. The van der Waals surface area contributed by atoms with Crippen molar-refractivity contribution >= 4 is 21.6 Å². The van der Waals surface area contributed by atoms with E-state index in [2.05, 4.69) is 5.32 Å². The summed E-state index contributed by atoms with van der Waals surface area (Å²) in [5, 5.41) is 2.60. The van der Waals surface area contributed by atoms with Gasteiger partial charge in [0.15, 0.2) is 11.6 Å². The van der Waals surface area contributed by atoms with Crippen LogP contribution in [0, 0.1) is 11.6 Å². The smallest absolute Gasteiger partial charge is 0.241 e. The molecule has 0 atom stereocenters. The zero-order valence-electron chi connectivity index (χ0n) is 14.9. The minimum atomic E-state index is -3.88. The highest BCUT2D eigenvalue weighted by Gasteiger charge is 2.22. The lowest BCUT2D eigenvalue weighted by atomic mass is 10.2. The maximum Gasteiger partial charge on any atom is 0.241 e. The molecule has 0 radical (unpaired) electrons. The van der Waals surface area contributed by atoms with Crippen LogP contribution in [0.4, 0.5) is 14.5 Å². The highest BCUT2D eigenvalue weighted by Crippen LogP contribution is 2.21. The van der Waals surface area contributed by atoms with Gasteiger partial charge in [-0.2, -0.15) is 0 Å². The number of nitrogens with zero attached hydrogens (tertiary/aromatic N) is 1. The van der Waals surface area contributed by atoms with Gasteiger partial charge in [-0.15, -0.1) is 0 Å². The molecule has 0 aliphatic carbocycles. The number of benzene rings is 2. The van der Waals surface area contributed by atoms with Gasteiger partial charge in [-0.3, -0.25) is 9.10 Å². The summed E-state index contributed by atoms with van der Waals surface area (Å²) in [6, 6.07) is 9.74. The molecule has 0 spiro atoms. The van der Waals surface area contributed by atoms with Crippen LogP contribution < -0.4 is 14.4 Å². The first-order valence-corrected chi connectivity index (χ1v) is 9.97. The summed E-state index contributed by atoms with van der Waals surface area (Å²) in [5.74, 6) is -2.30. The van der Waals surface area contributed by atoms with Crippen LogP contribution in [0.25, 0.3) is 0 Å². The molecule has 2 aromatic rings. The van der Waals surface area contributed by atoms with Crippen LogP contribution in [0.15, 0.2) is 42.5 Å². The van der Waals surface area contributed by atoms with Gasteiger partial charge in [-0.25, -0.2) is 17.2 Å². The highest BCUT2D eigenvalue weighted by atomic mass is 32.2. The molecule has 0 aliphatic heterocycles. The maximum absolute atomic E-state index is 13.4. The van der Waals surface area contributed by atoms with Gasteiger partial charge < -0.3 is 10.1 Å². The van der Waals surface area contributed by atoms with E-state index in [1.165, 1.54) is 0 Å². The lowest BCUT2D eigenvalue weighted by molar-refractivity contribution is -0.119. The summed E-state index contributed by atoms with van der Waals surface area (Å²) in [7, 11) is -3.88. The number of para-hydroxylation sites is 1. The number of rotatable bonds is 8. The van der Waals surface area contributed by atoms with Crippen molar-refractivity contribution in [3.05, 3.63) is 59.7 Å². The Hall–Kier alpha value is -2.68. The highest BCUT2D eigenvalue weighted by molar-refractivity contribution is 7.92. The molecule has 0 aliphatic rings. The van der Waals surface area contributed by atoms with Crippen molar-refractivity contribution in [2.75, 3.05) is 23.7 Å². The molecule has 0 heterocycles. The van der Waals surface area contributed by atoms with E-state index >= 15 is 0 Å². The van der Waals surface area contributed by atoms with Crippen LogP contribution in [0.2, 0.25) is 0 Å². The zero-order valence-corrected chi connectivity index (χ0v) is 15.7. The maximum atomic E-state index is 13.4. The average Bonchev–Trinajstić information content (AvgIpc) is 2.61. The standard InChI is InChI=1S/C18H20F2N2O4S/c1-3-26-17-7-5-4-6-13(17)11-21-18(23)12-22(27(2,24)25)14-8-9-15(19)16(20)10-14/h4-10H,3,11-12H2,1-2H3,(H,21,23). The van der Waals surface area contributed by atoms with E-state index in [1.807, 2.05) is 6.92 Å². The number of anilines is 1. The SMILES string of the molecule is CCOc1ccccc1CNC(=O)CN(c1ccc(F)c(F)c1)S(C)(=O)=O. The van der Waals surface area contributed by atoms with Crippen molar-refractivity contribution < 1.29 is 26.7 Å². The topological polar surface area (TPSA) is 75.7 Å². The fourth-order valence-corrected chi connectivity index (χ4v) is 3.21. The minimum Gasteiger partial charge on any atom is -0.494 e. The van der Waals surface area contributed by atoms with Gasteiger partial charge in [0.05, 0.1) is 18.6 Å². The van der Waals surface area contributed by atoms with E-state index in [4.69, 9.17) is 4.74 Å². The number of sulfonamides is 1. The van der Waals surface area contributed by atoms with Crippen LogP contribution >= 0.6 is 0 Å². The molecule has 0 fully saturated rings. The quantitative estimate of drug-likeness (QED) is 0.741. The predicted octanol–water partition coefficient (Wildman–Crippen LogP) is 2.45. The molecular formula is C18H20F2N2O4S. The minimum absolute atomic E-state index is 0.129. The van der Waals surface area contributed by atoms with Crippen LogP contribution in [-0.4, -0.2) is 33.7 Å². The monoisotopic (exact) mass is 398 g/mol. The Balaban J connectivity index is 2.12. The molecule has 1 amide bonds. The molecule has 2 aromatic carbocycles. The third-order valence-corrected chi connectivity index (χ3v) is 4.77.